The zero-order valence-electron chi connectivity index (χ0n) is 11.9. The Bertz CT molecular complexity index is 747. The van der Waals surface area contributed by atoms with Gasteiger partial charge in [0.15, 0.2) is 5.82 Å². The average Bonchev–Trinajstić information content (AvgIpc) is 3.10. The van der Waals surface area contributed by atoms with E-state index in [-0.39, 0.29) is 0 Å². The van der Waals surface area contributed by atoms with Crippen LogP contribution in [-0.2, 0) is 5.75 Å². The Morgan fingerprint density at radius 3 is 2.86 bits per heavy atom. The molecule has 0 atom stereocenters. The summed E-state index contributed by atoms with van der Waals surface area (Å²) in [6, 6.07) is 10.5. The predicted octanol–water partition coefficient (Wildman–Crippen LogP) is 3.63. The number of benzene rings is 1. The summed E-state index contributed by atoms with van der Waals surface area (Å²) in [4.78, 5) is 1.03. The lowest BCUT2D eigenvalue weighted by Gasteiger charge is -2.06. The fourth-order valence-corrected chi connectivity index (χ4v) is 3.67. The van der Waals surface area contributed by atoms with Crippen LogP contribution in [0.2, 0.25) is 0 Å². The topological polar surface area (TPSA) is 56.7 Å². The number of nitrogen functional groups attached to an aromatic ring is 1. The Labute approximate surface area is 132 Å². The lowest BCUT2D eigenvalue weighted by atomic mass is 10.1. The van der Waals surface area contributed by atoms with Gasteiger partial charge in [0.25, 0.3) is 0 Å². The van der Waals surface area contributed by atoms with Crippen molar-refractivity contribution >= 4 is 23.1 Å². The van der Waals surface area contributed by atoms with Crippen molar-refractivity contribution in [2.24, 2.45) is 0 Å². The third-order valence-electron chi connectivity index (χ3n) is 3.27. The molecule has 0 saturated carbocycles. The molecule has 2 heterocycles. The van der Waals surface area contributed by atoms with Crippen LogP contribution in [0.25, 0.3) is 10.7 Å². The monoisotopic (exact) mass is 316 g/mol. The maximum atomic E-state index is 6.10. The molecule has 6 heteroatoms. The summed E-state index contributed by atoms with van der Waals surface area (Å²) in [5.41, 5.74) is 3.86. The van der Waals surface area contributed by atoms with Crippen molar-refractivity contribution in [2.45, 2.75) is 24.8 Å². The molecule has 0 radical (unpaired) electrons. The minimum absolute atomic E-state index is 0.716. The summed E-state index contributed by atoms with van der Waals surface area (Å²) >= 11 is 3.22. The molecule has 0 aliphatic heterocycles. The van der Waals surface area contributed by atoms with Gasteiger partial charge in [0.2, 0.25) is 5.16 Å². The molecular weight excluding hydrogens is 300 g/mol. The fraction of sp³-hybridized carbons (Fsp3) is 0.200. The van der Waals surface area contributed by atoms with E-state index >= 15 is 0 Å². The smallest absolute Gasteiger partial charge is 0.210 e. The maximum Gasteiger partial charge on any atom is 0.210 e. The van der Waals surface area contributed by atoms with Crippen molar-refractivity contribution < 1.29 is 0 Å². The van der Waals surface area contributed by atoms with Gasteiger partial charge in [-0.1, -0.05) is 41.6 Å². The van der Waals surface area contributed by atoms with Gasteiger partial charge in [-0.25, -0.2) is 4.68 Å². The van der Waals surface area contributed by atoms with Gasteiger partial charge in [-0.2, -0.15) is 0 Å². The molecule has 0 saturated heterocycles. The first kappa shape index (κ1) is 14.2. The van der Waals surface area contributed by atoms with E-state index in [9.17, 15) is 0 Å². The molecule has 4 nitrogen and oxygen atoms in total. The fourth-order valence-electron chi connectivity index (χ4n) is 2.05. The van der Waals surface area contributed by atoms with Crippen molar-refractivity contribution in [3.8, 4) is 10.7 Å². The number of rotatable bonds is 4. The number of hydrogen-bond acceptors (Lipinski definition) is 5. The number of aromatic nitrogens is 3. The normalized spacial score (nSPS) is 11.0. The third-order valence-corrected chi connectivity index (χ3v) is 5.13. The molecule has 0 spiro atoms. The van der Waals surface area contributed by atoms with Gasteiger partial charge < -0.3 is 5.84 Å². The minimum Gasteiger partial charge on any atom is -0.335 e. The molecule has 1 aromatic carbocycles. The summed E-state index contributed by atoms with van der Waals surface area (Å²) < 4.78 is 1.57. The highest BCUT2D eigenvalue weighted by atomic mass is 32.2. The van der Waals surface area contributed by atoms with E-state index in [0.29, 0.717) is 5.82 Å². The highest BCUT2D eigenvalue weighted by Crippen LogP contribution is 2.27. The van der Waals surface area contributed by atoms with Gasteiger partial charge in [-0.15, -0.1) is 21.5 Å². The summed E-state index contributed by atoms with van der Waals surface area (Å²) in [6.07, 6.45) is 0. The van der Waals surface area contributed by atoms with Crippen molar-refractivity contribution in [3.05, 3.63) is 52.4 Å². The van der Waals surface area contributed by atoms with Gasteiger partial charge >= 0.3 is 0 Å². The quantitative estimate of drug-likeness (QED) is 0.590. The number of nitrogens with zero attached hydrogens (tertiary/aromatic N) is 3. The predicted molar refractivity (Wildman–Crippen MR) is 89.0 cm³/mol. The standard InChI is InChI=1S/C15H16N4S2/c1-10-5-6-11(2)12(8-10)9-21-15-18-17-14(19(15)16)13-4-3-7-20-13/h3-8H,9,16H2,1-2H3. The Kier molecular flexibility index (Phi) is 3.98. The third kappa shape index (κ3) is 2.96. The summed E-state index contributed by atoms with van der Waals surface area (Å²) in [6.45, 7) is 4.23. The largest absolute Gasteiger partial charge is 0.335 e. The number of hydrogen-bond donors (Lipinski definition) is 1. The van der Waals surface area contributed by atoms with Crippen LogP contribution in [0.1, 0.15) is 16.7 Å². The zero-order chi connectivity index (χ0) is 14.8. The van der Waals surface area contributed by atoms with E-state index in [4.69, 9.17) is 5.84 Å². The van der Waals surface area contributed by atoms with Crippen LogP contribution in [0.5, 0.6) is 0 Å². The molecule has 108 valence electrons. The Hall–Kier alpha value is -1.79. The van der Waals surface area contributed by atoms with E-state index < -0.39 is 0 Å². The van der Waals surface area contributed by atoms with Gasteiger partial charge in [-0.05, 0) is 36.4 Å². The first-order valence-corrected chi connectivity index (χ1v) is 8.45. The molecule has 0 aliphatic rings. The molecule has 0 fully saturated rings. The second kappa shape index (κ2) is 5.91. The Morgan fingerprint density at radius 1 is 1.24 bits per heavy atom. The number of nitrogens with two attached hydrogens (primary N) is 1. The van der Waals surface area contributed by atoms with Gasteiger partial charge in [0.05, 0.1) is 4.88 Å². The lowest BCUT2D eigenvalue weighted by Crippen LogP contribution is -2.11. The number of aryl methyl sites for hydroxylation is 2. The van der Waals surface area contributed by atoms with Gasteiger partial charge in [0, 0.05) is 5.75 Å². The second-order valence-corrected chi connectivity index (χ2v) is 6.76. The van der Waals surface area contributed by atoms with Gasteiger partial charge in [0.1, 0.15) is 0 Å². The molecule has 0 aliphatic carbocycles. The van der Waals surface area contributed by atoms with E-state index in [2.05, 4.69) is 42.2 Å². The number of thioether (sulfide) groups is 1. The summed E-state index contributed by atoms with van der Waals surface area (Å²) in [5.74, 6) is 7.66. The van der Waals surface area contributed by atoms with Crippen LogP contribution in [0.15, 0.2) is 40.9 Å². The van der Waals surface area contributed by atoms with Crippen LogP contribution < -0.4 is 5.84 Å². The molecule has 21 heavy (non-hydrogen) atoms. The van der Waals surface area contributed by atoms with Crippen molar-refractivity contribution in [2.75, 3.05) is 5.84 Å². The second-order valence-electron chi connectivity index (χ2n) is 4.87. The lowest BCUT2D eigenvalue weighted by molar-refractivity contribution is 0.850. The Morgan fingerprint density at radius 2 is 2.10 bits per heavy atom. The van der Waals surface area contributed by atoms with E-state index in [0.717, 1.165) is 15.8 Å². The molecule has 2 aromatic heterocycles. The molecule has 0 amide bonds. The summed E-state index contributed by atoms with van der Waals surface area (Å²) in [5, 5.41) is 11.1. The molecule has 0 unspecified atom stereocenters. The molecule has 0 bridgehead atoms. The highest BCUT2D eigenvalue weighted by Gasteiger charge is 2.13. The first-order valence-electron chi connectivity index (χ1n) is 6.58. The average molecular weight is 316 g/mol. The van der Waals surface area contributed by atoms with Crippen LogP contribution in [0.4, 0.5) is 0 Å². The van der Waals surface area contributed by atoms with Crippen molar-refractivity contribution in [1.82, 2.24) is 14.9 Å². The molecular formula is C15H16N4S2. The maximum absolute atomic E-state index is 6.10. The Balaban J connectivity index is 1.79. The van der Waals surface area contributed by atoms with E-state index in [1.165, 1.54) is 16.7 Å². The van der Waals surface area contributed by atoms with Crippen LogP contribution in [-0.4, -0.2) is 14.9 Å². The highest BCUT2D eigenvalue weighted by molar-refractivity contribution is 7.98. The number of thiophene rings is 1. The van der Waals surface area contributed by atoms with Crippen molar-refractivity contribution in [1.29, 1.82) is 0 Å². The van der Waals surface area contributed by atoms with Crippen molar-refractivity contribution in [3.63, 3.8) is 0 Å². The van der Waals surface area contributed by atoms with Crippen LogP contribution in [0.3, 0.4) is 0 Å². The SMILES string of the molecule is Cc1ccc(C)c(CSc2nnc(-c3cccs3)n2N)c1. The molecule has 2 N–H and O–H groups in total. The first-order chi connectivity index (χ1) is 10.1. The molecule has 3 aromatic rings. The summed E-state index contributed by atoms with van der Waals surface area (Å²) in [7, 11) is 0. The van der Waals surface area contributed by atoms with E-state index in [1.807, 2.05) is 17.5 Å². The molecule has 3 rings (SSSR count). The minimum atomic E-state index is 0.716. The van der Waals surface area contributed by atoms with Crippen LogP contribution in [0, 0.1) is 13.8 Å². The van der Waals surface area contributed by atoms with Gasteiger partial charge in [-0.3, -0.25) is 0 Å². The van der Waals surface area contributed by atoms with E-state index in [1.54, 1.807) is 27.8 Å². The van der Waals surface area contributed by atoms with Crippen LogP contribution >= 0.6 is 23.1 Å². The zero-order valence-corrected chi connectivity index (χ0v) is 13.5.